The second-order valence-electron chi connectivity index (χ2n) is 6.23. The molecule has 0 bridgehead atoms. The zero-order valence-electron chi connectivity index (χ0n) is 14.7. The minimum atomic E-state index is -0.583. The summed E-state index contributed by atoms with van der Waals surface area (Å²) in [5, 5.41) is 2.83. The Balaban J connectivity index is 1.82. The third-order valence-corrected chi connectivity index (χ3v) is 4.87. The van der Waals surface area contributed by atoms with Crippen molar-refractivity contribution >= 4 is 29.7 Å². The molecule has 1 saturated carbocycles. The highest BCUT2D eigenvalue weighted by atomic mass is 35.5. The lowest BCUT2D eigenvalue weighted by molar-refractivity contribution is 0.112. The number of hydrogen-bond donors (Lipinski definition) is 1. The van der Waals surface area contributed by atoms with Crippen molar-refractivity contribution in [1.29, 1.82) is 0 Å². The maximum atomic E-state index is 12.0. The Kier molecular flexibility index (Phi) is 7.52. The molecule has 0 aliphatic heterocycles. The monoisotopic (exact) mass is 368 g/mol. The number of rotatable bonds is 7. The van der Waals surface area contributed by atoms with E-state index in [0.717, 1.165) is 0 Å². The fourth-order valence-electron chi connectivity index (χ4n) is 3.07. The van der Waals surface area contributed by atoms with Crippen LogP contribution in [-0.4, -0.2) is 50.6 Å². The van der Waals surface area contributed by atoms with E-state index in [1.54, 1.807) is 0 Å². The fourth-order valence-corrected chi connectivity index (χ4v) is 3.29. The van der Waals surface area contributed by atoms with Gasteiger partial charge in [-0.3, -0.25) is 10.1 Å². The largest absolute Gasteiger partial charge is 0.496 e. The number of methoxy groups -OCH3 is 1. The zero-order chi connectivity index (χ0) is 18.2. The van der Waals surface area contributed by atoms with Gasteiger partial charge in [0.1, 0.15) is 12.4 Å². The van der Waals surface area contributed by atoms with Gasteiger partial charge in [0.15, 0.2) is 6.29 Å². The molecule has 1 amide bonds. The van der Waals surface area contributed by atoms with Gasteiger partial charge in [0, 0.05) is 18.7 Å². The van der Waals surface area contributed by atoms with Crippen LogP contribution in [0.3, 0.4) is 0 Å². The molecule has 0 radical (unpaired) electrons. The van der Waals surface area contributed by atoms with Crippen LogP contribution >= 0.6 is 11.6 Å². The molecule has 1 fully saturated rings. The Morgan fingerprint density at radius 2 is 2.08 bits per heavy atom. The van der Waals surface area contributed by atoms with Crippen molar-refractivity contribution < 1.29 is 19.1 Å². The molecular formula is C18H25ClN2O4. The maximum Gasteiger partial charge on any atom is 0.411 e. The minimum Gasteiger partial charge on any atom is -0.496 e. The number of halogens is 1. The number of carbonyl (C=O) groups excluding carboxylic acids is 2. The molecule has 25 heavy (non-hydrogen) atoms. The first-order chi connectivity index (χ1) is 12.0. The van der Waals surface area contributed by atoms with E-state index in [2.05, 4.69) is 17.3 Å². The predicted molar refractivity (Wildman–Crippen MR) is 97.9 cm³/mol. The average molecular weight is 369 g/mol. The SMILES string of the molecule is COc1cc(NC(=O)OCCN(C)C2CCCCC2)c(Cl)cc1C=O. The van der Waals surface area contributed by atoms with Gasteiger partial charge in [0.25, 0.3) is 0 Å². The highest BCUT2D eigenvalue weighted by molar-refractivity contribution is 6.34. The molecule has 1 N–H and O–H groups in total. The summed E-state index contributed by atoms with van der Waals surface area (Å²) in [5.74, 6) is 0.340. The number of anilines is 1. The van der Waals surface area contributed by atoms with Gasteiger partial charge >= 0.3 is 6.09 Å². The first-order valence-corrected chi connectivity index (χ1v) is 8.89. The van der Waals surface area contributed by atoms with Crippen molar-refractivity contribution in [3.8, 4) is 5.75 Å². The number of aldehydes is 1. The normalized spacial score (nSPS) is 15.0. The number of benzene rings is 1. The van der Waals surface area contributed by atoms with Crippen molar-refractivity contribution in [2.24, 2.45) is 0 Å². The van der Waals surface area contributed by atoms with E-state index in [1.807, 2.05) is 0 Å². The summed E-state index contributed by atoms with van der Waals surface area (Å²) in [5.41, 5.74) is 0.662. The molecule has 138 valence electrons. The molecule has 1 aliphatic rings. The van der Waals surface area contributed by atoms with E-state index >= 15 is 0 Å². The molecule has 0 atom stereocenters. The van der Waals surface area contributed by atoms with E-state index in [1.165, 1.54) is 51.3 Å². The summed E-state index contributed by atoms with van der Waals surface area (Å²) in [6.45, 7) is 0.999. The van der Waals surface area contributed by atoms with Crippen LogP contribution in [0.2, 0.25) is 5.02 Å². The summed E-state index contributed by atoms with van der Waals surface area (Å²) in [4.78, 5) is 25.2. The number of hydrogen-bond acceptors (Lipinski definition) is 5. The molecular weight excluding hydrogens is 344 g/mol. The van der Waals surface area contributed by atoms with Crippen molar-refractivity contribution in [2.45, 2.75) is 38.1 Å². The van der Waals surface area contributed by atoms with Gasteiger partial charge in [-0.25, -0.2) is 4.79 Å². The van der Waals surface area contributed by atoms with E-state index in [9.17, 15) is 9.59 Å². The summed E-state index contributed by atoms with van der Waals surface area (Å²) < 4.78 is 10.3. The number of carbonyl (C=O) groups is 2. The smallest absolute Gasteiger partial charge is 0.411 e. The van der Waals surface area contributed by atoms with Gasteiger partial charge in [0.2, 0.25) is 0 Å². The molecule has 0 saturated heterocycles. The third kappa shape index (κ3) is 5.61. The Morgan fingerprint density at radius 3 is 2.72 bits per heavy atom. The van der Waals surface area contributed by atoms with Crippen molar-refractivity contribution in [1.82, 2.24) is 4.90 Å². The summed E-state index contributed by atoms with van der Waals surface area (Å²) >= 11 is 6.07. The van der Waals surface area contributed by atoms with Crippen molar-refractivity contribution in [3.05, 3.63) is 22.7 Å². The lowest BCUT2D eigenvalue weighted by Gasteiger charge is -2.30. The van der Waals surface area contributed by atoms with Gasteiger partial charge < -0.3 is 14.4 Å². The number of ether oxygens (including phenoxy) is 2. The van der Waals surface area contributed by atoms with E-state index in [0.29, 0.717) is 42.5 Å². The van der Waals surface area contributed by atoms with Crippen LogP contribution in [0.5, 0.6) is 5.75 Å². The third-order valence-electron chi connectivity index (χ3n) is 4.56. The van der Waals surface area contributed by atoms with E-state index < -0.39 is 6.09 Å². The second-order valence-corrected chi connectivity index (χ2v) is 6.63. The zero-order valence-corrected chi connectivity index (χ0v) is 15.5. The molecule has 7 heteroatoms. The first-order valence-electron chi connectivity index (χ1n) is 8.52. The molecule has 0 aromatic heterocycles. The number of nitrogens with zero attached hydrogens (tertiary/aromatic N) is 1. The highest BCUT2D eigenvalue weighted by Gasteiger charge is 2.18. The Morgan fingerprint density at radius 1 is 1.36 bits per heavy atom. The Hall–Kier alpha value is -1.79. The second kappa shape index (κ2) is 9.63. The van der Waals surface area contributed by atoms with Gasteiger partial charge in [0.05, 0.1) is 23.4 Å². The molecule has 0 unspecified atom stereocenters. The lowest BCUT2D eigenvalue weighted by atomic mass is 9.94. The lowest BCUT2D eigenvalue weighted by Crippen LogP contribution is -2.36. The molecule has 1 aliphatic carbocycles. The number of likely N-dealkylation sites (N-methyl/N-ethyl adjacent to an activating group) is 1. The molecule has 1 aromatic rings. The first kappa shape index (κ1) is 19.5. The highest BCUT2D eigenvalue weighted by Crippen LogP contribution is 2.30. The van der Waals surface area contributed by atoms with Crippen molar-refractivity contribution in [2.75, 3.05) is 32.6 Å². The maximum absolute atomic E-state index is 12.0. The van der Waals surface area contributed by atoms with Gasteiger partial charge in [-0.2, -0.15) is 0 Å². The van der Waals surface area contributed by atoms with Crippen LogP contribution in [-0.2, 0) is 4.74 Å². The van der Waals surface area contributed by atoms with Crippen LogP contribution in [0.25, 0.3) is 0 Å². The quantitative estimate of drug-likeness (QED) is 0.737. The average Bonchev–Trinajstić information content (AvgIpc) is 2.63. The number of amides is 1. The van der Waals surface area contributed by atoms with Crippen LogP contribution < -0.4 is 10.1 Å². The predicted octanol–water partition coefficient (Wildman–Crippen LogP) is 3.97. The summed E-state index contributed by atoms with van der Waals surface area (Å²) in [7, 11) is 3.51. The minimum absolute atomic E-state index is 0.249. The van der Waals surface area contributed by atoms with Crippen LogP contribution in [0.4, 0.5) is 10.5 Å². The molecule has 6 nitrogen and oxygen atoms in total. The Labute approximate surface area is 153 Å². The van der Waals surface area contributed by atoms with Gasteiger partial charge in [-0.05, 0) is 26.0 Å². The summed E-state index contributed by atoms with van der Waals surface area (Å²) in [6, 6.07) is 3.52. The standard InChI is InChI=1S/C18H25ClN2O4/c1-21(14-6-4-3-5-7-14)8-9-25-18(23)20-16-11-17(24-2)13(12-22)10-15(16)19/h10-12,14H,3-9H2,1-2H3,(H,20,23). The fraction of sp³-hybridized carbons (Fsp3) is 0.556. The van der Waals surface area contributed by atoms with Crippen LogP contribution in [0.1, 0.15) is 42.5 Å². The van der Waals surface area contributed by atoms with Crippen LogP contribution in [0.15, 0.2) is 12.1 Å². The number of nitrogens with one attached hydrogen (secondary N) is 1. The molecule has 2 rings (SSSR count). The molecule has 1 aromatic carbocycles. The van der Waals surface area contributed by atoms with Crippen LogP contribution in [0, 0.1) is 0 Å². The van der Waals surface area contributed by atoms with E-state index in [4.69, 9.17) is 21.1 Å². The van der Waals surface area contributed by atoms with Crippen molar-refractivity contribution in [3.63, 3.8) is 0 Å². The molecule has 0 heterocycles. The topological polar surface area (TPSA) is 67.9 Å². The van der Waals surface area contributed by atoms with E-state index in [-0.39, 0.29) is 5.02 Å². The van der Waals surface area contributed by atoms with Gasteiger partial charge in [-0.1, -0.05) is 30.9 Å². The Bertz CT molecular complexity index is 603. The molecule has 0 spiro atoms. The summed E-state index contributed by atoms with van der Waals surface area (Å²) in [6.07, 6.45) is 6.34. The van der Waals surface area contributed by atoms with Gasteiger partial charge in [-0.15, -0.1) is 0 Å².